The third-order valence-electron chi connectivity index (χ3n) is 5.54. The topological polar surface area (TPSA) is 82.3 Å². The standard InChI is InChI=1S/C20H30N4O2/c25-18(22-13-9-17-8-12-21-14-17)20(10-4-5-11-20)24-19(26)23-15-16-6-2-1-3-7-16/h1-3,6-7,17,21H,4-5,8-15H2,(H,22,25)(H2,23,24,26). The number of carbonyl (C=O) groups excluding carboxylic acids is 2. The molecule has 1 unspecified atom stereocenters. The van der Waals surface area contributed by atoms with Crippen LogP contribution in [0.3, 0.4) is 0 Å². The second-order valence-corrected chi connectivity index (χ2v) is 7.49. The van der Waals surface area contributed by atoms with E-state index in [1.54, 1.807) is 0 Å². The van der Waals surface area contributed by atoms with Crippen LogP contribution in [0.5, 0.6) is 0 Å². The highest BCUT2D eigenvalue weighted by atomic mass is 16.2. The van der Waals surface area contributed by atoms with Crippen LogP contribution in [0.4, 0.5) is 4.79 Å². The lowest BCUT2D eigenvalue weighted by Gasteiger charge is -2.29. The molecule has 1 saturated carbocycles. The van der Waals surface area contributed by atoms with Crippen LogP contribution < -0.4 is 21.3 Å². The maximum absolute atomic E-state index is 12.8. The SMILES string of the molecule is O=C(NCc1ccccc1)NC1(C(=O)NCCC2CCNC2)CCCC1. The molecule has 1 aliphatic heterocycles. The molecule has 0 bridgehead atoms. The van der Waals surface area contributed by atoms with Crippen molar-refractivity contribution in [3.8, 4) is 0 Å². The first-order valence-electron chi connectivity index (χ1n) is 9.77. The minimum absolute atomic E-state index is 0.0317. The van der Waals surface area contributed by atoms with Crippen LogP contribution in [0, 0.1) is 5.92 Å². The van der Waals surface area contributed by atoms with Gasteiger partial charge in [0.15, 0.2) is 0 Å². The van der Waals surface area contributed by atoms with E-state index in [2.05, 4.69) is 21.3 Å². The molecule has 1 atom stereocenters. The summed E-state index contributed by atoms with van der Waals surface area (Å²) >= 11 is 0. The zero-order valence-electron chi connectivity index (χ0n) is 15.4. The third kappa shape index (κ3) is 4.97. The number of rotatable bonds is 7. The van der Waals surface area contributed by atoms with Crippen LogP contribution in [0.15, 0.2) is 30.3 Å². The summed E-state index contributed by atoms with van der Waals surface area (Å²) in [5.74, 6) is 0.618. The maximum atomic E-state index is 12.8. The summed E-state index contributed by atoms with van der Waals surface area (Å²) in [6.45, 7) is 3.26. The molecule has 1 saturated heterocycles. The van der Waals surface area contributed by atoms with E-state index in [4.69, 9.17) is 0 Å². The Balaban J connectivity index is 1.48. The van der Waals surface area contributed by atoms with Crippen LogP contribution in [0.2, 0.25) is 0 Å². The summed E-state index contributed by atoms with van der Waals surface area (Å²) in [6, 6.07) is 9.50. The molecule has 6 nitrogen and oxygen atoms in total. The highest BCUT2D eigenvalue weighted by Crippen LogP contribution is 2.30. The third-order valence-corrected chi connectivity index (χ3v) is 5.54. The van der Waals surface area contributed by atoms with Crippen LogP contribution in [0.1, 0.15) is 44.1 Å². The van der Waals surface area contributed by atoms with Crippen molar-refractivity contribution >= 4 is 11.9 Å². The molecule has 3 rings (SSSR count). The van der Waals surface area contributed by atoms with E-state index >= 15 is 0 Å². The lowest BCUT2D eigenvalue weighted by molar-refractivity contribution is -0.127. The van der Waals surface area contributed by atoms with E-state index in [0.717, 1.165) is 37.9 Å². The molecule has 142 valence electrons. The lowest BCUT2D eigenvalue weighted by atomic mass is 9.96. The number of urea groups is 1. The maximum Gasteiger partial charge on any atom is 0.315 e. The zero-order chi connectivity index (χ0) is 18.2. The summed E-state index contributed by atoms with van der Waals surface area (Å²) in [6.07, 6.45) is 5.54. The van der Waals surface area contributed by atoms with E-state index < -0.39 is 5.54 Å². The molecule has 0 spiro atoms. The van der Waals surface area contributed by atoms with Crippen molar-refractivity contribution < 1.29 is 9.59 Å². The lowest BCUT2D eigenvalue weighted by Crippen LogP contribution is -2.59. The second-order valence-electron chi connectivity index (χ2n) is 7.49. The van der Waals surface area contributed by atoms with Gasteiger partial charge in [-0.1, -0.05) is 43.2 Å². The summed E-state index contributed by atoms with van der Waals surface area (Å²) < 4.78 is 0. The molecule has 1 aromatic rings. The fourth-order valence-corrected chi connectivity index (χ4v) is 3.95. The fourth-order valence-electron chi connectivity index (χ4n) is 3.95. The average molecular weight is 358 g/mol. The predicted molar refractivity (Wildman–Crippen MR) is 102 cm³/mol. The Hall–Kier alpha value is -2.08. The normalized spacial score (nSPS) is 21.3. The van der Waals surface area contributed by atoms with Gasteiger partial charge in [-0.05, 0) is 50.3 Å². The molecule has 4 N–H and O–H groups in total. The molecular weight excluding hydrogens is 328 g/mol. The molecule has 6 heteroatoms. The molecule has 2 aliphatic rings. The van der Waals surface area contributed by atoms with Gasteiger partial charge >= 0.3 is 6.03 Å². The molecule has 2 fully saturated rings. The highest BCUT2D eigenvalue weighted by Gasteiger charge is 2.42. The number of hydrogen-bond donors (Lipinski definition) is 4. The van der Waals surface area contributed by atoms with Gasteiger partial charge in [0.1, 0.15) is 5.54 Å². The zero-order valence-corrected chi connectivity index (χ0v) is 15.4. The predicted octanol–water partition coefficient (Wildman–Crippen LogP) is 1.91. The van der Waals surface area contributed by atoms with Crippen molar-refractivity contribution in [3.05, 3.63) is 35.9 Å². The van der Waals surface area contributed by atoms with Gasteiger partial charge in [0.25, 0.3) is 0 Å². The number of amides is 3. The molecule has 1 heterocycles. The minimum Gasteiger partial charge on any atom is -0.354 e. The van der Waals surface area contributed by atoms with Gasteiger partial charge in [0.2, 0.25) is 5.91 Å². The van der Waals surface area contributed by atoms with Crippen LogP contribution in [0.25, 0.3) is 0 Å². The van der Waals surface area contributed by atoms with E-state index in [1.165, 1.54) is 6.42 Å². The largest absolute Gasteiger partial charge is 0.354 e. The molecular formula is C20H30N4O2. The number of hydrogen-bond acceptors (Lipinski definition) is 3. The molecule has 0 aromatic heterocycles. The summed E-state index contributed by atoms with van der Waals surface area (Å²) in [7, 11) is 0. The Morgan fingerprint density at radius 2 is 1.88 bits per heavy atom. The first-order chi connectivity index (χ1) is 12.7. The smallest absolute Gasteiger partial charge is 0.315 e. The Kier molecular flexibility index (Phi) is 6.50. The molecule has 1 aromatic carbocycles. The summed E-state index contributed by atoms with van der Waals surface area (Å²) in [5, 5.41) is 12.2. The Bertz CT molecular complexity index is 593. The monoisotopic (exact) mass is 358 g/mol. The number of carbonyl (C=O) groups is 2. The minimum atomic E-state index is -0.755. The molecule has 0 radical (unpaired) electrons. The van der Waals surface area contributed by atoms with Crippen LogP contribution in [-0.2, 0) is 11.3 Å². The van der Waals surface area contributed by atoms with E-state index in [-0.39, 0.29) is 11.9 Å². The Labute approximate surface area is 155 Å². The number of nitrogens with one attached hydrogen (secondary N) is 4. The van der Waals surface area contributed by atoms with Crippen LogP contribution in [-0.4, -0.2) is 37.1 Å². The van der Waals surface area contributed by atoms with Gasteiger partial charge in [-0.15, -0.1) is 0 Å². The first kappa shape index (κ1) is 18.7. The van der Waals surface area contributed by atoms with Crippen molar-refractivity contribution in [2.75, 3.05) is 19.6 Å². The van der Waals surface area contributed by atoms with Gasteiger partial charge in [-0.2, -0.15) is 0 Å². The van der Waals surface area contributed by atoms with Crippen molar-refractivity contribution in [3.63, 3.8) is 0 Å². The summed E-state index contributed by atoms with van der Waals surface area (Å²) in [5.41, 5.74) is 0.284. The van der Waals surface area contributed by atoms with Gasteiger partial charge in [0, 0.05) is 13.1 Å². The van der Waals surface area contributed by atoms with Gasteiger partial charge in [0.05, 0.1) is 0 Å². The van der Waals surface area contributed by atoms with Gasteiger partial charge in [-0.25, -0.2) is 4.79 Å². The summed E-state index contributed by atoms with van der Waals surface area (Å²) in [4.78, 5) is 25.1. The Morgan fingerprint density at radius 3 is 2.58 bits per heavy atom. The van der Waals surface area contributed by atoms with E-state index in [1.807, 2.05) is 30.3 Å². The molecule has 26 heavy (non-hydrogen) atoms. The molecule has 3 amide bonds. The van der Waals surface area contributed by atoms with E-state index in [9.17, 15) is 9.59 Å². The first-order valence-corrected chi connectivity index (χ1v) is 9.77. The quantitative estimate of drug-likeness (QED) is 0.601. The van der Waals surface area contributed by atoms with E-state index in [0.29, 0.717) is 31.8 Å². The van der Waals surface area contributed by atoms with Crippen molar-refractivity contribution in [1.29, 1.82) is 0 Å². The van der Waals surface area contributed by atoms with Crippen LogP contribution >= 0.6 is 0 Å². The van der Waals surface area contributed by atoms with Crippen molar-refractivity contribution in [2.45, 2.75) is 50.6 Å². The second kappa shape index (κ2) is 9.03. The fraction of sp³-hybridized carbons (Fsp3) is 0.600. The molecule has 1 aliphatic carbocycles. The highest BCUT2D eigenvalue weighted by molar-refractivity contribution is 5.91. The van der Waals surface area contributed by atoms with Crippen molar-refractivity contribution in [2.24, 2.45) is 5.92 Å². The number of benzene rings is 1. The average Bonchev–Trinajstić information content (AvgIpc) is 3.33. The van der Waals surface area contributed by atoms with Gasteiger partial charge < -0.3 is 21.3 Å². The van der Waals surface area contributed by atoms with Gasteiger partial charge in [-0.3, -0.25) is 4.79 Å². The van der Waals surface area contributed by atoms with Crippen molar-refractivity contribution in [1.82, 2.24) is 21.3 Å². The Morgan fingerprint density at radius 1 is 1.12 bits per heavy atom.